The van der Waals surface area contributed by atoms with Gasteiger partial charge in [0.1, 0.15) is 0 Å². The minimum atomic E-state index is -0.347. The smallest absolute Gasteiger partial charge is 0.325 e. The number of aromatic amines is 1. The van der Waals surface area contributed by atoms with Gasteiger partial charge in [0.25, 0.3) is 0 Å². The van der Waals surface area contributed by atoms with E-state index in [0.29, 0.717) is 18.1 Å². The van der Waals surface area contributed by atoms with Crippen LogP contribution in [0.3, 0.4) is 0 Å². The number of para-hydroxylation sites is 1. The van der Waals surface area contributed by atoms with Gasteiger partial charge in [0.2, 0.25) is 5.91 Å². The third-order valence-electron chi connectivity index (χ3n) is 3.86. The van der Waals surface area contributed by atoms with Gasteiger partial charge in [0.15, 0.2) is 5.16 Å². The predicted molar refractivity (Wildman–Crippen MR) is 103 cm³/mol. The Balaban J connectivity index is 1.74. The molecular formula is C19H20N4O2S. The quantitative estimate of drug-likeness (QED) is 0.628. The van der Waals surface area contributed by atoms with Gasteiger partial charge in [-0.3, -0.25) is 9.36 Å². The van der Waals surface area contributed by atoms with Crippen molar-refractivity contribution in [3.63, 3.8) is 0 Å². The monoisotopic (exact) mass is 368 g/mol. The van der Waals surface area contributed by atoms with Crippen LogP contribution in [0.15, 0.2) is 70.6 Å². The standard InChI is InChI=1S/C19H20N4O2S/c1-2-16(17(24)20-15-11-7-4-8-12-15)26-19-22-21-18(25)23(19)13-14-9-5-3-6-10-14/h3-12,16H,2,13H2,1H3,(H,20,24)(H,21,25). The Kier molecular flexibility index (Phi) is 5.91. The first-order valence-corrected chi connectivity index (χ1v) is 9.27. The molecule has 1 atom stereocenters. The molecule has 0 aliphatic rings. The van der Waals surface area contributed by atoms with Crippen LogP contribution < -0.4 is 11.0 Å². The van der Waals surface area contributed by atoms with Crippen molar-refractivity contribution in [1.29, 1.82) is 0 Å². The summed E-state index contributed by atoms with van der Waals surface area (Å²) < 4.78 is 1.55. The van der Waals surface area contributed by atoms with E-state index in [1.54, 1.807) is 4.57 Å². The zero-order valence-electron chi connectivity index (χ0n) is 14.4. The van der Waals surface area contributed by atoms with Gasteiger partial charge in [-0.25, -0.2) is 9.89 Å². The van der Waals surface area contributed by atoms with Crippen LogP contribution in [0.1, 0.15) is 18.9 Å². The first-order chi connectivity index (χ1) is 12.7. The summed E-state index contributed by atoms with van der Waals surface area (Å²) in [5.41, 5.74) is 1.47. The van der Waals surface area contributed by atoms with E-state index in [2.05, 4.69) is 15.5 Å². The average molecular weight is 368 g/mol. The molecule has 2 N–H and O–H groups in total. The molecule has 0 aliphatic heterocycles. The molecule has 0 bridgehead atoms. The van der Waals surface area contributed by atoms with Crippen molar-refractivity contribution in [3.05, 3.63) is 76.7 Å². The van der Waals surface area contributed by atoms with Crippen LogP contribution in [0.4, 0.5) is 5.69 Å². The Bertz CT molecular complexity index is 906. The van der Waals surface area contributed by atoms with Crippen LogP contribution in [-0.4, -0.2) is 25.9 Å². The molecule has 0 spiro atoms. The lowest BCUT2D eigenvalue weighted by molar-refractivity contribution is -0.115. The minimum absolute atomic E-state index is 0.106. The molecule has 134 valence electrons. The van der Waals surface area contributed by atoms with Crippen LogP contribution in [0.2, 0.25) is 0 Å². The molecule has 0 aliphatic carbocycles. The number of amides is 1. The van der Waals surface area contributed by atoms with E-state index in [9.17, 15) is 9.59 Å². The van der Waals surface area contributed by atoms with Crippen molar-refractivity contribution in [2.24, 2.45) is 0 Å². The molecule has 26 heavy (non-hydrogen) atoms. The van der Waals surface area contributed by atoms with Gasteiger partial charge >= 0.3 is 5.69 Å². The summed E-state index contributed by atoms with van der Waals surface area (Å²) in [6.45, 7) is 2.35. The summed E-state index contributed by atoms with van der Waals surface area (Å²) in [5.74, 6) is -0.106. The Morgan fingerprint density at radius 2 is 1.81 bits per heavy atom. The molecule has 3 rings (SSSR count). The second kappa shape index (κ2) is 8.53. The zero-order valence-corrected chi connectivity index (χ0v) is 15.2. The SMILES string of the molecule is CCC(Sc1n[nH]c(=O)n1Cc1ccccc1)C(=O)Nc1ccccc1. The van der Waals surface area contributed by atoms with Crippen LogP contribution in [0.5, 0.6) is 0 Å². The van der Waals surface area contributed by atoms with Crippen LogP contribution in [-0.2, 0) is 11.3 Å². The summed E-state index contributed by atoms with van der Waals surface area (Å²) in [4.78, 5) is 24.7. The topological polar surface area (TPSA) is 79.8 Å². The number of rotatable bonds is 7. The Morgan fingerprint density at radius 3 is 2.46 bits per heavy atom. The van der Waals surface area contributed by atoms with E-state index in [1.165, 1.54) is 11.8 Å². The highest BCUT2D eigenvalue weighted by Crippen LogP contribution is 2.24. The summed E-state index contributed by atoms with van der Waals surface area (Å²) >= 11 is 1.29. The zero-order chi connectivity index (χ0) is 18.4. The summed E-state index contributed by atoms with van der Waals surface area (Å²) in [5, 5.41) is 9.64. The number of benzene rings is 2. The summed E-state index contributed by atoms with van der Waals surface area (Å²) in [6.07, 6.45) is 0.621. The number of H-pyrrole nitrogens is 1. The molecule has 0 saturated carbocycles. The molecule has 3 aromatic rings. The third kappa shape index (κ3) is 4.43. The second-order valence-corrected chi connectivity index (χ2v) is 6.92. The predicted octanol–water partition coefficient (Wildman–Crippen LogP) is 3.13. The second-order valence-electron chi connectivity index (χ2n) is 5.75. The van der Waals surface area contributed by atoms with Crippen molar-refractivity contribution in [3.8, 4) is 0 Å². The molecule has 1 aromatic heterocycles. The molecule has 1 heterocycles. The van der Waals surface area contributed by atoms with E-state index in [4.69, 9.17) is 0 Å². The van der Waals surface area contributed by atoms with Gasteiger partial charge < -0.3 is 5.32 Å². The number of carbonyl (C=O) groups is 1. The molecule has 7 heteroatoms. The van der Waals surface area contributed by atoms with Crippen molar-refractivity contribution in [2.75, 3.05) is 5.32 Å². The number of carbonyl (C=O) groups excluding carboxylic acids is 1. The molecule has 6 nitrogen and oxygen atoms in total. The fraction of sp³-hybridized carbons (Fsp3) is 0.211. The molecule has 0 radical (unpaired) electrons. The maximum Gasteiger partial charge on any atom is 0.344 e. The van der Waals surface area contributed by atoms with Gasteiger partial charge in [0, 0.05) is 5.69 Å². The largest absolute Gasteiger partial charge is 0.344 e. The van der Waals surface area contributed by atoms with Crippen molar-refractivity contribution in [1.82, 2.24) is 14.8 Å². The van der Waals surface area contributed by atoms with Crippen LogP contribution >= 0.6 is 11.8 Å². The minimum Gasteiger partial charge on any atom is -0.325 e. The van der Waals surface area contributed by atoms with E-state index >= 15 is 0 Å². The number of nitrogens with one attached hydrogen (secondary N) is 2. The highest BCUT2D eigenvalue weighted by Gasteiger charge is 2.22. The van der Waals surface area contributed by atoms with E-state index in [1.807, 2.05) is 67.6 Å². The average Bonchev–Trinajstić information content (AvgIpc) is 3.01. The maximum atomic E-state index is 12.6. The normalized spacial score (nSPS) is 11.9. The summed E-state index contributed by atoms with van der Waals surface area (Å²) in [6, 6.07) is 19.0. The van der Waals surface area contributed by atoms with E-state index < -0.39 is 0 Å². The molecule has 1 amide bonds. The lowest BCUT2D eigenvalue weighted by atomic mass is 10.2. The molecule has 1 unspecified atom stereocenters. The Hall–Kier alpha value is -2.80. The highest BCUT2D eigenvalue weighted by molar-refractivity contribution is 8.00. The van der Waals surface area contributed by atoms with Gasteiger partial charge in [-0.05, 0) is 24.1 Å². The first kappa shape index (κ1) is 18.0. The van der Waals surface area contributed by atoms with Gasteiger partial charge in [0.05, 0.1) is 11.8 Å². The Labute approximate surface area is 155 Å². The van der Waals surface area contributed by atoms with Gasteiger partial charge in [-0.1, -0.05) is 67.2 Å². The first-order valence-electron chi connectivity index (χ1n) is 8.39. The van der Waals surface area contributed by atoms with Gasteiger partial charge in [-0.15, -0.1) is 5.10 Å². The highest BCUT2D eigenvalue weighted by atomic mass is 32.2. The molecule has 0 fully saturated rings. The molecule has 2 aromatic carbocycles. The summed E-state index contributed by atoms with van der Waals surface area (Å²) in [7, 11) is 0. The Morgan fingerprint density at radius 1 is 1.15 bits per heavy atom. The lowest BCUT2D eigenvalue weighted by Gasteiger charge is -2.14. The number of anilines is 1. The third-order valence-corrected chi connectivity index (χ3v) is 5.21. The molecule has 0 saturated heterocycles. The number of aromatic nitrogens is 3. The fourth-order valence-corrected chi connectivity index (χ4v) is 3.45. The maximum absolute atomic E-state index is 12.6. The van der Waals surface area contributed by atoms with Crippen molar-refractivity contribution in [2.45, 2.75) is 30.3 Å². The molecular weight excluding hydrogens is 348 g/mol. The lowest BCUT2D eigenvalue weighted by Crippen LogP contribution is -2.26. The van der Waals surface area contributed by atoms with E-state index in [-0.39, 0.29) is 16.8 Å². The van der Waals surface area contributed by atoms with Crippen LogP contribution in [0, 0.1) is 0 Å². The van der Waals surface area contributed by atoms with Crippen LogP contribution in [0.25, 0.3) is 0 Å². The van der Waals surface area contributed by atoms with Crippen molar-refractivity contribution < 1.29 is 4.79 Å². The van der Waals surface area contributed by atoms with E-state index in [0.717, 1.165) is 11.3 Å². The van der Waals surface area contributed by atoms with Gasteiger partial charge in [-0.2, -0.15) is 0 Å². The van der Waals surface area contributed by atoms with Crippen molar-refractivity contribution >= 4 is 23.4 Å². The number of thioether (sulfide) groups is 1. The number of nitrogens with zero attached hydrogens (tertiary/aromatic N) is 2. The number of hydrogen-bond acceptors (Lipinski definition) is 4. The number of hydrogen-bond donors (Lipinski definition) is 2. The fourth-order valence-electron chi connectivity index (χ4n) is 2.49.